The van der Waals surface area contributed by atoms with E-state index >= 15 is 0 Å². The number of nitrogens with one attached hydrogen (secondary N) is 1. The molecule has 0 bridgehead atoms. The Morgan fingerprint density at radius 3 is 2.52 bits per heavy atom. The van der Waals surface area contributed by atoms with Crippen LogP contribution in [0.5, 0.6) is 0 Å². The number of hydrogen-bond donors (Lipinski definition) is 1. The molecule has 0 atom stereocenters. The highest BCUT2D eigenvalue weighted by Gasteiger charge is 2.19. The van der Waals surface area contributed by atoms with Gasteiger partial charge < -0.3 is 4.74 Å². The molecule has 0 aliphatic carbocycles. The molecule has 27 heavy (non-hydrogen) atoms. The molecule has 2 aromatic carbocycles. The number of halogens is 1. The van der Waals surface area contributed by atoms with Crippen LogP contribution in [0.1, 0.15) is 18.9 Å². The second-order valence-electron chi connectivity index (χ2n) is 6.16. The maximum Gasteiger partial charge on any atom is 0.280 e. The third-order valence-corrected chi connectivity index (χ3v) is 4.26. The minimum atomic E-state index is -0.349. The van der Waals surface area contributed by atoms with E-state index in [-0.39, 0.29) is 11.4 Å². The lowest BCUT2D eigenvalue weighted by molar-refractivity contribution is 0.197. The van der Waals surface area contributed by atoms with E-state index in [0.717, 1.165) is 12.0 Å². The molecule has 140 valence electrons. The van der Waals surface area contributed by atoms with Crippen molar-refractivity contribution < 1.29 is 9.13 Å². The molecule has 0 aliphatic heterocycles. The zero-order valence-electron chi connectivity index (χ0n) is 15.4. The van der Waals surface area contributed by atoms with Crippen molar-refractivity contribution >= 4 is 5.71 Å². The van der Waals surface area contributed by atoms with E-state index in [0.29, 0.717) is 35.8 Å². The zero-order valence-corrected chi connectivity index (χ0v) is 15.4. The van der Waals surface area contributed by atoms with Gasteiger partial charge in [0.05, 0.1) is 16.9 Å². The molecule has 0 radical (unpaired) electrons. The van der Waals surface area contributed by atoms with Gasteiger partial charge in [-0.25, -0.2) is 9.07 Å². The summed E-state index contributed by atoms with van der Waals surface area (Å²) in [5.41, 5.74) is 3.11. The molecule has 0 spiro atoms. The first-order chi connectivity index (χ1) is 13.1. The van der Waals surface area contributed by atoms with Crippen LogP contribution in [0.3, 0.4) is 0 Å². The summed E-state index contributed by atoms with van der Waals surface area (Å²) in [7, 11) is 1.65. The van der Waals surface area contributed by atoms with Gasteiger partial charge in [-0.2, -0.15) is 0 Å². The molecule has 1 N–H and O–H groups in total. The monoisotopic (exact) mass is 367 g/mol. The van der Waals surface area contributed by atoms with Gasteiger partial charge in [0.1, 0.15) is 5.82 Å². The quantitative estimate of drug-likeness (QED) is 0.510. The Hall–Kier alpha value is -2.99. The number of hydrogen-bond acceptors (Lipinski definition) is 3. The number of ether oxygens (including phenoxy) is 1. The van der Waals surface area contributed by atoms with E-state index in [1.54, 1.807) is 19.2 Å². The number of rotatable bonds is 7. The normalized spacial score (nSPS) is 11.7. The second kappa shape index (κ2) is 8.60. The van der Waals surface area contributed by atoms with Gasteiger partial charge in [0.25, 0.3) is 5.56 Å². The molecule has 0 unspecified atom stereocenters. The first-order valence-electron chi connectivity index (χ1n) is 8.78. The SMILES string of the molecule is COCCCN=C(C)c1c(-c2ccccc2)[nH]n(-c2ccc(F)cc2)c1=O. The number of aliphatic imine (C=N–C) groups is 1. The maximum absolute atomic E-state index is 13.3. The van der Waals surface area contributed by atoms with Gasteiger partial charge in [-0.3, -0.25) is 14.9 Å². The van der Waals surface area contributed by atoms with Crippen LogP contribution in [0.4, 0.5) is 4.39 Å². The molecule has 0 saturated carbocycles. The number of methoxy groups -OCH3 is 1. The van der Waals surface area contributed by atoms with E-state index in [2.05, 4.69) is 10.1 Å². The van der Waals surface area contributed by atoms with Crippen molar-refractivity contribution in [2.45, 2.75) is 13.3 Å². The van der Waals surface area contributed by atoms with Crippen LogP contribution in [0.15, 0.2) is 64.4 Å². The van der Waals surface area contributed by atoms with Gasteiger partial charge in [0.2, 0.25) is 0 Å². The third-order valence-electron chi connectivity index (χ3n) is 4.26. The lowest BCUT2D eigenvalue weighted by atomic mass is 10.1. The van der Waals surface area contributed by atoms with E-state index in [9.17, 15) is 9.18 Å². The molecule has 0 saturated heterocycles. The summed E-state index contributed by atoms with van der Waals surface area (Å²) in [6, 6.07) is 15.4. The van der Waals surface area contributed by atoms with Crippen LogP contribution < -0.4 is 5.56 Å². The average molecular weight is 367 g/mol. The van der Waals surface area contributed by atoms with Crippen molar-refractivity contribution in [3.05, 3.63) is 76.3 Å². The molecule has 1 aromatic heterocycles. The van der Waals surface area contributed by atoms with Gasteiger partial charge in [-0.05, 0) is 37.6 Å². The molecule has 5 nitrogen and oxygen atoms in total. The molecule has 0 amide bonds. The zero-order chi connectivity index (χ0) is 19.2. The Kier molecular flexibility index (Phi) is 5.98. The summed E-state index contributed by atoms with van der Waals surface area (Å²) in [4.78, 5) is 17.7. The molecule has 1 heterocycles. The van der Waals surface area contributed by atoms with E-state index in [1.165, 1.54) is 16.8 Å². The molecular weight excluding hydrogens is 345 g/mol. The lowest BCUT2D eigenvalue weighted by Crippen LogP contribution is -2.19. The first kappa shape index (κ1) is 18.8. The lowest BCUT2D eigenvalue weighted by Gasteiger charge is -2.03. The number of benzene rings is 2. The Balaban J connectivity index is 2.09. The van der Waals surface area contributed by atoms with Crippen molar-refractivity contribution in [1.82, 2.24) is 9.78 Å². The van der Waals surface area contributed by atoms with Gasteiger partial charge >= 0.3 is 0 Å². The summed E-state index contributed by atoms with van der Waals surface area (Å²) in [6.45, 7) is 3.03. The molecule has 0 fully saturated rings. The van der Waals surface area contributed by atoms with Crippen LogP contribution in [-0.2, 0) is 4.74 Å². The van der Waals surface area contributed by atoms with Crippen LogP contribution >= 0.6 is 0 Å². The first-order valence-corrected chi connectivity index (χ1v) is 8.78. The predicted octanol–water partition coefficient (Wildman–Crippen LogP) is 3.82. The van der Waals surface area contributed by atoms with Crippen molar-refractivity contribution in [3.63, 3.8) is 0 Å². The predicted molar refractivity (Wildman–Crippen MR) is 105 cm³/mol. The summed E-state index contributed by atoms with van der Waals surface area (Å²) in [5.74, 6) is -0.349. The van der Waals surface area contributed by atoms with E-state index < -0.39 is 0 Å². The minimum Gasteiger partial charge on any atom is -0.385 e. The molecule has 3 rings (SSSR count). The van der Waals surface area contributed by atoms with Crippen LogP contribution in [0.25, 0.3) is 16.9 Å². The van der Waals surface area contributed by atoms with Crippen LogP contribution in [0, 0.1) is 5.82 Å². The topological polar surface area (TPSA) is 59.4 Å². The minimum absolute atomic E-state index is 0.214. The summed E-state index contributed by atoms with van der Waals surface area (Å²) >= 11 is 0. The van der Waals surface area contributed by atoms with Crippen LogP contribution in [0.2, 0.25) is 0 Å². The fourth-order valence-corrected chi connectivity index (χ4v) is 2.89. The summed E-state index contributed by atoms with van der Waals surface area (Å²) < 4.78 is 19.7. The highest BCUT2D eigenvalue weighted by Crippen LogP contribution is 2.21. The molecular formula is C21H22FN3O2. The Morgan fingerprint density at radius 1 is 1.15 bits per heavy atom. The average Bonchev–Trinajstić information content (AvgIpc) is 3.04. The number of aromatic amines is 1. The fourth-order valence-electron chi connectivity index (χ4n) is 2.89. The molecule has 6 heteroatoms. The standard InChI is InChI=1S/C21H22FN3O2/c1-15(23-13-6-14-27-2)19-20(16-7-4-3-5-8-16)24-25(21(19)26)18-11-9-17(22)10-12-18/h3-5,7-12,24H,6,13-14H2,1-2H3. The highest BCUT2D eigenvalue weighted by molar-refractivity contribution is 6.03. The largest absolute Gasteiger partial charge is 0.385 e. The number of H-pyrrole nitrogens is 1. The molecule has 3 aromatic rings. The fraction of sp³-hybridized carbons (Fsp3) is 0.238. The second-order valence-corrected chi connectivity index (χ2v) is 6.16. The highest BCUT2D eigenvalue weighted by atomic mass is 19.1. The molecule has 0 aliphatic rings. The van der Waals surface area contributed by atoms with Gasteiger partial charge in [0.15, 0.2) is 0 Å². The summed E-state index contributed by atoms with van der Waals surface area (Å²) in [6.07, 6.45) is 0.783. The van der Waals surface area contributed by atoms with Crippen LogP contribution in [-0.4, -0.2) is 35.8 Å². The van der Waals surface area contributed by atoms with Crippen molar-refractivity contribution in [2.24, 2.45) is 4.99 Å². The van der Waals surface area contributed by atoms with Crippen molar-refractivity contribution in [3.8, 4) is 16.9 Å². The maximum atomic E-state index is 13.3. The van der Waals surface area contributed by atoms with Gasteiger partial charge in [-0.15, -0.1) is 0 Å². The third kappa shape index (κ3) is 4.23. The van der Waals surface area contributed by atoms with Crippen molar-refractivity contribution in [2.75, 3.05) is 20.3 Å². The summed E-state index contributed by atoms with van der Waals surface area (Å²) in [5, 5.41) is 3.16. The van der Waals surface area contributed by atoms with Crippen molar-refractivity contribution in [1.29, 1.82) is 0 Å². The Labute approximate surface area is 157 Å². The Bertz CT molecular complexity index is 973. The number of aromatic nitrogens is 2. The Morgan fingerprint density at radius 2 is 1.85 bits per heavy atom. The van der Waals surface area contributed by atoms with E-state index in [4.69, 9.17) is 4.74 Å². The number of nitrogens with zero attached hydrogens (tertiary/aromatic N) is 2. The van der Waals surface area contributed by atoms with Gasteiger partial charge in [-0.1, -0.05) is 30.3 Å². The van der Waals surface area contributed by atoms with Gasteiger partial charge in [0, 0.05) is 31.5 Å². The van der Waals surface area contributed by atoms with E-state index in [1.807, 2.05) is 37.3 Å². The smallest absolute Gasteiger partial charge is 0.280 e.